The zero-order chi connectivity index (χ0) is 14.9. The summed E-state index contributed by atoms with van der Waals surface area (Å²) in [7, 11) is 1.67. The number of ether oxygens (including phenoxy) is 2. The van der Waals surface area contributed by atoms with Crippen molar-refractivity contribution < 1.29 is 14.3 Å². The first kappa shape index (κ1) is 15.8. The molecule has 1 aromatic rings. The molecule has 0 bridgehead atoms. The van der Waals surface area contributed by atoms with Crippen LogP contribution in [0.15, 0.2) is 24.3 Å². The number of benzene rings is 1. The van der Waals surface area contributed by atoms with Gasteiger partial charge in [-0.2, -0.15) is 0 Å². The number of methoxy groups -OCH3 is 1. The highest BCUT2D eigenvalue weighted by Crippen LogP contribution is 2.15. The Bertz CT molecular complexity index is 424. The van der Waals surface area contributed by atoms with Crippen LogP contribution in [0.5, 0.6) is 5.75 Å². The van der Waals surface area contributed by atoms with Gasteiger partial charge in [0.05, 0.1) is 19.6 Å². The molecule has 1 amide bonds. The molecule has 1 aliphatic heterocycles. The molecule has 4 heteroatoms. The molecule has 0 radical (unpaired) electrons. The van der Waals surface area contributed by atoms with E-state index in [2.05, 4.69) is 17.4 Å². The fraction of sp³-hybridized carbons (Fsp3) is 0.588. The summed E-state index contributed by atoms with van der Waals surface area (Å²) in [5.74, 6) is 0.983. The van der Waals surface area contributed by atoms with Crippen LogP contribution >= 0.6 is 0 Å². The van der Waals surface area contributed by atoms with Crippen molar-refractivity contribution in [3.63, 3.8) is 0 Å². The molecular formula is C17H25NO3. The van der Waals surface area contributed by atoms with E-state index in [0.717, 1.165) is 44.6 Å². The summed E-state index contributed by atoms with van der Waals surface area (Å²) in [4.78, 5) is 11.8. The second-order valence-electron chi connectivity index (χ2n) is 5.49. The van der Waals surface area contributed by atoms with Crippen molar-refractivity contribution in [2.24, 2.45) is 0 Å². The van der Waals surface area contributed by atoms with Crippen molar-refractivity contribution in [1.29, 1.82) is 0 Å². The van der Waals surface area contributed by atoms with Crippen LogP contribution in [0, 0.1) is 0 Å². The third-order valence-corrected chi connectivity index (χ3v) is 3.81. The molecule has 1 heterocycles. The van der Waals surface area contributed by atoms with Crippen LogP contribution in [0.25, 0.3) is 0 Å². The highest BCUT2D eigenvalue weighted by molar-refractivity contribution is 5.76. The Kier molecular flexibility index (Phi) is 6.54. The molecule has 1 unspecified atom stereocenters. The molecule has 116 valence electrons. The summed E-state index contributed by atoms with van der Waals surface area (Å²) in [5, 5.41) is 2.98. The number of hydrogen-bond donors (Lipinski definition) is 1. The van der Waals surface area contributed by atoms with E-state index in [0.29, 0.717) is 6.42 Å². The third kappa shape index (κ3) is 5.76. The van der Waals surface area contributed by atoms with Gasteiger partial charge < -0.3 is 14.8 Å². The summed E-state index contributed by atoms with van der Waals surface area (Å²) in [6, 6.07) is 8.07. The van der Waals surface area contributed by atoms with E-state index in [4.69, 9.17) is 9.47 Å². The minimum Gasteiger partial charge on any atom is -0.497 e. The molecule has 0 aliphatic carbocycles. The molecule has 2 rings (SSSR count). The van der Waals surface area contributed by atoms with Gasteiger partial charge in [-0.25, -0.2) is 0 Å². The van der Waals surface area contributed by atoms with Crippen molar-refractivity contribution in [1.82, 2.24) is 5.32 Å². The second-order valence-corrected chi connectivity index (χ2v) is 5.49. The van der Waals surface area contributed by atoms with Crippen molar-refractivity contribution in [2.75, 3.05) is 20.3 Å². The lowest BCUT2D eigenvalue weighted by Crippen LogP contribution is -2.31. The van der Waals surface area contributed by atoms with Gasteiger partial charge in [0.2, 0.25) is 5.91 Å². The molecule has 0 saturated carbocycles. The molecule has 21 heavy (non-hydrogen) atoms. The number of aryl methyl sites for hydroxylation is 1. The minimum atomic E-state index is 0.108. The zero-order valence-electron chi connectivity index (χ0n) is 12.8. The zero-order valence-corrected chi connectivity index (χ0v) is 12.8. The Hall–Kier alpha value is -1.55. The smallest absolute Gasteiger partial charge is 0.222 e. The van der Waals surface area contributed by atoms with E-state index >= 15 is 0 Å². The Labute approximate surface area is 126 Å². The quantitative estimate of drug-likeness (QED) is 0.786. The lowest BCUT2D eigenvalue weighted by molar-refractivity contribution is -0.124. The van der Waals surface area contributed by atoms with E-state index in [1.54, 1.807) is 7.11 Å². The Balaban J connectivity index is 1.58. The molecule has 1 saturated heterocycles. The molecular weight excluding hydrogens is 266 g/mol. The highest BCUT2D eigenvalue weighted by atomic mass is 16.5. The maximum Gasteiger partial charge on any atom is 0.222 e. The van der Waals surface area contributed by atoms with Gasteiger partial charge in [0.25, 0.3) is 0 Å². The third-order valence-electron chi connectivity index (χ3n) is 3.81. The van der Waals surface area contributed by atoms with Crippen molar-refractivity contribution in [3.05, 3.63) is 29.8 Å². The molecule has 1 N–H and O–H groups in total. The van der Waals surface area contributed by atoms with E-state index in [9.17, 15) is 4.79 Å². The van der Waals surface area contributed by atoms with Gasteiger partial charge in [-0.1, -0.05) is 12.1 Å². The minimum absolute atomic E-state index is 0.108. The average Bonchev–Trinajstić information content (AvgIpc) is 2.53. The van der Waals surface area contributed by atoms with Gasteiger partial charge >= 0.3 is 0 Å². The topological polar surface area (TPSA) is 47.6 Å². The van der Waals surface area contributed by atoms with Crippen LogP contribution in [0.4, 0.5) is 0 Å². The number of carbonyl (C=O) groups excluding carboxylic acids is 1. The number of nitrogens with one attached hydrogen (secondary N) is 1. The standard InChI is InChI=1S/C17H25NO3/c1-20-15-9-7-14(8-10-15)5-4-11-18-17(19)13-16-6-2-3-12-21-16/h7-10,16H,2-6,11-13H2,1H3,(H,18,19). The highest BCUT2D eigenvalue weighted by Gasteiger charge is 2.17. The molecule has 1 fully saturated rings. The van der Waals surface area contributed by atoms with E-state index in [-0.39, 0.29) is 12.0 Å². The van der Waals surface area contributed by atoms with E-state index in [1.807, 2.05) is 12.1 Å². The maximum absolute atomic E-state index is 11.8. The summed E-state index contributed by atoms with van der Waals surface area (Å²) < 4.78 is 10.7. The van der Waals surface area contributed by atoms with Gasteiger partial charge in [0.1, 0.15) is 5.75 Å². The Morgan fingerprint density at radius 2 is 2.14 bits per heavy atom. The van der Waals surface area contributed by atoms with Gasteiger partial charge in [-0.05, 0) is 49.8 Å². The van der Waals surface area contributed by atoms with Gasteiger partial charge in [0, 0.05) is 13.2 Å². The summed E-state index contributed by atoms with van der Waals surface area (Å²) in [5.41, 5.74) is 1.26. The van der Waals surface area contributed by atoms with Crippen LogP contribution < -0.4 is 10.1 Å². The van der Waals surface area contributed by atoms with Crippen molar-refractivity contribution in [3.8, 4) is 5.75 Å². The first-order chi connectivity index (χ1) is 10.3. The van der Waals surface area contributed by atoms with Gasteiger partial charge in [0.15, 0.2) is 0 Å². The normalized spacial score (nSPS) is 18.2. The Morgan fingerprint density at radius 1 is 1.33 bits per heavy atom. The SMILES string of the molecule is COc1ccc(CCCNC(=O)CC2CCCCO2)cc1. The fourth-order valence-corrected chi connectivity index (χ4v) is 2.56. The van der Waals surface area contributed by atoms with Crippen molar-refractivity contribution in [2.45, 2.75) is 44.6 Å². The van der Waals surface area contributed by atoms with E-state index in [1.165, 1.54) is 12.0 Å². The van der Waals surface area contributed by atoms with Gasteiger partial charge in [-0.3, -0.25) is 4.79 Å². The lowest BCUT2D eigenvalue weighted by atomic mass is 10.1. The molecule has 1 aliphatic rings. The molecule has 1 aromatic carbocycles. The average molecular weight is 291 g/mol. The van der Waals surface area contributed by atoms with Crippen LogP contribution in [0.1, 0.15) is 37.7 Å². The Morgan fingerprint density at radius 3 is 2.81 bits per heavy atom. The predicted octanol–water partition coefficient (Wildman–Crippen LogP) is 2.70. The van der Waals surface area contributed by atoms with Crippen LogP contribution in [-0.4, -0.2) is 32.3 Å². The number of rotatable bonds is 7. The lowest BCUT2D eigenvalue weighted by Gasteiger charge is -2.21. The molecule has 1 atom stereocenters. The van der Waals surface area contributed by atoms with Gasteiger partial charge in [-0.15, -0.1) is 0 Å². The fourth-order valence-electron chi connectivity index (χ4n) is 2.56. The summed E-state index contributed by atoms with van der Waals surface area (Å²) in [6.45, 7) is 1.52. The molecule has 4 nitrogen and oxygen atoms in total. The number of amides is 1. The monoisotopic (exact) mass is 291 g/mol. The van der Waals surface area contributed by atoms with Crippen LogP contribution in [0.3, 0.4) is 0 Å². The maximum atomic E-state index is 11.8. The first-order valence-corrected chi connectivity index (χ1v) is 7.79. The molecule has 0 aromatic heterocycles. The largest absolute Gasteiger partial charge is 0.497 e. The van der Waals surface area contributed by atoms with E-state index < -0.39 is 0 Å². The first-order valence-electron chi connectivity index (χ1n) is 7.79. The van der Waals surface area contributed by atoms with Crippen molar-refractivity contribution >= 4 is 5.91 Å². The number of hydrogen-bond acceptors (Lipinski definition) is 3. The second kappa shape index (κ2) is 8.67. The van der Waals surface area contributed by atoms with Crippen LogP contribution in [0.2, 0.25) is 0 Å². The molecule has 0 spiro atoms. The summed E-state index contributed by atoms with van der Waals surface area (Å²) in [6.07, 6.45) is 5.85. The summed E-state index contributed by atoms with van der Waals surface area (Å²) >= 11 is 0. The predicted molar refractivity (Wildman–Crippen MR) is 82.5 cm³/mol. The number of carbonyl (C=O) groups is 1. The van der Waals surface area contributed by atoms with Crippen LogP contribution in [-0.2, 0) is 16.0 Å².